The fraction of sp³-hybridized carbons (Fsp3) is 0.267. The fourth-order valence-electron chi connectivity index (χ4n) is 2.49. The third-order valence-electron chi connectivity index (χ3n) is 3.60. The highest BCUT2D eigenvalue weighted by Crippen LogP contribution is 2.34. The second-order valence-corrected chi connectivity index (χ2v) is 6.22. The maximum absolute atomic E-state index is 13.3. The minimum atomic E-state index is -0.273. The van der Waals surface area contributed by atoms with Crippen molar-refractivity contribution in [1.29, 1.82) is 5.41 Å². The monoisotopic (exact) mass is 274 g/mol. The quantitative estimate of drug-likeness (QED) is 0.877. The molecule has 2 aromatic rings. The maximum Gasteiger partial charge on any atom is 0.129 e. The molecular formula is C15H15FN2S. The van der Waals surface area contributed by atoms with Gasteiger partial charge in [-0.2, -0.15) is 0 Å². The van der Waals surface area contributed by atoms with Crippen LogP contribution in [0.3, 0.4) is 0 Å². The lowest BCUT2D eigenvalue weighted by Gasteiger charge is -2.25. The molecule has 0 bridgehead atoms. The summed E-state index contributed by atoms with van der Waals surface area (Å²) >= 11 is 1.75. The zero-order valence-electron chi connectivity index (χ0n) is 10.9. The van der Waals surface area contributed by atoms with E-state index in [1.54, 1.807) is 17.4 Å². The Hall–Kier alpha value is -1.68. The van der Waals surface area contributed by atoms with Crippen molar-refractivity contribution in [3.05, 3.63) is 57.0 Å². The number of hydrogen-bond donors (Lipinski definition) is 1. The van der Waals surface area contributed by atoms with Gasteiger partial charge in [0, 0.05) is 21.9 Å². The number of nitrogens with one attached hydrogen (secondary N) is 1. The molecule has 1 atom stereocenters. The summed E-state index contributed by atoms with van der Waals surface area (Å²) in [6.45, 7) is 4.87. The van der Waals surface area contributed by atoms with Gasteiger partial charge in [0.15, 0.2) is 0 Å². The highest BCUT2D eigenvalue weighted by atomic mass is 32.1. The van der Waals surface area contributed by atoms with E-state index in [0.717, 1.165) is 11.1 Å². The molecular weight excluding hydrogens is 259 g/mol. The van der Waals surface area contributed by atoms with Gasteiger partial charge in [-0.05, 0) is 43.7 Å². The Morgan fingerprint density at radius 1 is 1.32 bits per heavy atom. The number of amidine groups is 1. The number of fused-ring (bicyclic) bond motifs is 1. The Kier molecular flexibility index (Phi) is 2.90. The lowest BCUT2D eigenvalue weighted by molar-refractivity contribution is 0.346. The van der Waals surface area contributed by atoms with Gasteiger partial charge < -0.3 is 4.90 Å². The molecule has 3 rings (SSSR count). The lowest BCUT2D eigenvalue weighted by Crippen LogP contribution is -2.26. The third-order valence-corrected chi connectivity index (χ3v) is 4.77. The molecule has 0 fully saturated rings. The van der Waals surface area contributed by atoms with Gasteiger partial charge >= 0.3 is 0 Å². The van der Waals surface area contributed by atoms with Crippen molar-refractivity contribution in [2.45, 2.75) is 26.4 Å². The Morgan fingerprint density at radius 2 is 2.11 bits per heavy atom. The zero-order chi connectivity index (χ0) is 13.6. The van der Waals surface area contributed by atoms with Crippen LogP contribution in [-0.2, 0) is 6.54 Å². The van der Waals surface area contributed by atoms with Gasteiger partial charge in [0.25, 0.3) is 0 Å². The standard InChI is InChI=1S/C15H15FN2S/c1-9-3-6-14(19-9)10(2)18-8-11-4-5-12(16)7-13(11)15(18)17/h3-7,10,17H,8H2,1-2H3. The van der Waals surface area contributed by atoms with Crippen molar-refractivity contribution in [2.24, 2.45) is 0 Å². The van der Waals surface area contributed by atoms with Gasteiger partial charge in [-0.25, -0.2) is 4.39 Å². The first-order valence-electron chi connectivity index (χ1n) is 6.26. The highest BCUT2D eigenvalue weighted by Gasteiger charge is 2.29. The first-order valence-corrected chi connectivity index (χ1v) is 7.08. The summed E-state index contributed by atoms with van der Waals surface area (Å²) in [6, 6.07) is 9.08. The van der Waals surface area contributed by atoms with E-state index in [1.165, 1.54) is 21.9 Å². The Labute approximate surface area is 116 Å². The van der Waals surface area contributed by atoms with E-state index in [0.29, 0.717) is 12.4 Å². The number of aryl methyl sites for hydroxylation is 1. The van der Waals surface area contributed by atoms with Crippen LogP contribution in [0.25, 0.3) is 0 Å². The molecule has 1 aliphatic rings. The van der Waals surface area contributed by atoms with E-state index in [9.17, 15) is 4.39 Å². The normalized spacial score (nSPS) is 15.7. The van der Waals surface area contributed by atoms with E-state index >= 15 is 0 Å². The molecule has 0 amide bonds. The van der Waals surface area contributed by atoms with Crippen molar-refractivity contribution in [2.75, 3.05) is 0 Å². The van der Waals surface area contributed by atoms with Gasteiger partial charge in [-0.1, -0.05) is 6.07 Å². The summed E-state index contributed by atoms with van der Waals surface area (Å²) in [5.74, 6) is 0.151. The van der Waals surface area contributed by atoms with Gasteiger partial charge in [-0.3, -0.25) is 5.41 Å². The molecule has 0 saturated heterocycles. The average molecular weight is 274 g/mol. The molecule has 1 aliphatic heterocycles. The summed E-state index contributed by atoms with van der Waals surface area (Å²) < 4.78 is 13.3. The van der Waals surface area contributed by atoms with E-state index in [-0.39, 0.29) is 11.9 Å². The molecule has 0 radical (unpaired) electrons. The van der Waals surface area contributed by atoms with Crippen LogP contribution in [0.2, 0.25) is 0 Å². The molecule has 2 nitrogen and oxygen atoms in total. The molecule has 1 N–H and O–H groups in total. The van der Waals surface area contributed by atoms with Crippen molar-refractivity contribution in [3.63, 3.8) is 0 Å². The fourth-order valence-corrected chi connectivity index (χ4v) is 3.43. The van der Waals surface area contributed by atoms with Crippen LogP contribution in [-0.4, -0.2) is 10.7 Å². The summed E-state index contributed by atoms with van der Waals surface area (Å²) in [5.41, 5.74) is 1.76. The molecule has 2 heterocycles. The molecule has 98 valence electrons. The summed E-state index contributed by atoms with van der Waals surface area (Å²) in [7, 11) is 0. The number of thiophene rings is 1. The van der Waals surface area contributed by atoms with Crippen molar-refractivity contribution >= 4 is 17.2 Å². The topological polar surface area (TPSA) is 27.1 Å². The van der Waals surface area contributed by atoms with Crippen molar-refractivity contribution < 1.29 is 4.39 Å². The smallest absolute Gasteiger partial charge is 0.129 e. The SMILES string of the molecule is Cc1ccc(C(C)N2Cc3ccc(F)cc3C2=N)s1. The second kappa shape index (κ2) is 4.46. The number of hydrogen-bond acceptors (Lipinski definition) is 2. The van der Waals surface area contributed by atoms with Gasteiger partial charge in [0.1, 0.15) is 11.7 Å². The van der Waals surface area contributed by atoms with Gasteiger partial charge in [0.2, 0.25) is 0 Å². The van der Waals surface area contributed by atoms with Crippen LogP contribution >= 0.6 is 11.3 Å². The zero-order valence-corrected chi connectivity index (χ0v) is 11.7. The van der Waals surface area contributed by atoms with E-state index < -0.39 is 0 Å². The average Bonchev–Trinajstić information content (AvgIpc) is 2.94. The molecule has 0 aliphatic carbocycles. The summed E-state index contributed by atoms with van der Waals surface area (Å²) in [5, 5.41) is 8.23. The number of benzene rings is 1. The van der Waals surface area contributed by atoms with Gasteiger partial charge in [0.05, 0.1) is 6.04 Å². The number of rotatable bonds is 2. The predicted molar refractivity (Wildman–Crippen MR) is 76.2 cm³/mol. The molecule has 1 aromatic carbocycles. The Balaban J connectivity index is 1.91. The summed E-state index contributed by atoms with van der Waals surface area (Å²) in [6.07, 6.45) is 0. The predicted octanol–water partition coefficient (Wildman–Crippen LogP) is 4.10. The number of halogens is 1. The largest absolute Gasteiger partial charge is 0.345 e. The Morgan fingerprint density at radius 3 is 2.79 bits per heavy atom. The minimum Gasteiger partial charge on any atom is -0.345 e. The Bertz CT molecular complexity index is 647. The van der Waals surface area contributed by atoms with E-state index in [4.69, 9.17) is 5.41 Å². The molecule has 19 heavy (non-hydrogen) atoms. The van der Waals surface area contributed by atoms with Crippen LogP contribution < -0.4 is 0 Å². The summed E-state index contributed by atoms with van der Waals surface area (Å²) in [4.78, 5) is 4.54. The highest BCUT2D eigenvalue weighted by molar-refractivity contribution is 7.12. The molecule has 0 spiro atoms. The second-order valence-electron chi connectivity index (χ2n) is 4.90. The van der Waals surface area contributed by atoms with Crippen molar-refractivity contribution in [3.8, 4) is 0 Å². The van der Waals surface area contributed by atoms with Crippen LogP contribution in [0.15, 0.2) is 30.3 Å². The maximum atomic E-state index is 13.3. The lowest BCUT2D eigenvalue weighted by atomic mass is 10.1. The number of nitrogens with zero attached hydrogens (tertiary/aromatic N) is 1. The van der Waals surface area contributed by atoms with Crippen LogP contribution in [0.5, 0.6) is 0 Å². The molecule has 1 aromatic heterocycles. The molecule has 4 heteroatoms. The van der Waals surface area contributed by atoms with Crippen LogP contribution in [0.1, 0.15) is 33.8 Å². The van der Waals surface area contributed by atoms with E-state index in [2.05, 4.69) is 26.0 Å². The molecule has 0 saturated carbocycles. The first-order chi connectivity index (χ1) is 9.06. The van der Waals surface area contributed by atoms with Crippen molar-refractivity contribution in [1.82, 2.24) is 4.90 Å². The van der Waals surface area contributed by atoms with Gasteiger partial charge in [-0.15, -0.1) is 11.3 Å². The molecule has 1 unspecified atom stereocenters. The van der Waals surface area contributed by atoms with Crippen LogP contribution in [0, 0.1) is 18.2 Å². The third kappa shape index (κ3) is 2.06. The van der Waals surface area contributed by atoms with E-state index in [1.807, 2.05) is 4.90 Å². The van der Waals surface area contributed by atoms with Crippen LogP contribution in [0.4, 0.5) is 4.39 Å². The minimum absolute atomic E-state index is 0.154. The first kappa shape index (κ1) is 12.4.